The SMILES string of the molecule is CCC1(C(=O)Nc2cc(OC)c(Cl)cc2OC)COC1. The van der Waals surface area contributed by atoms with E-state index in [1.807, 2.05) is 6.92 Å². The Morgan fingerprint density at radius 1 is 1.35 bits per heavy atom. The lowest BCUT2D eigenvalue weighted by atomic mass is 9.82. The van der Waals surface area contributed by atoms with E-state index in [4.69, 9.17) is 25.8 Å². The molecule has 110 valence electrons. The molecule has 0 unspecified atom stereocenters. The molecule has 0 saturated carbocycles. The predicted octanol–water partition coefficient (Wildman–Crippen LogP) is 2.72. The highest BCUT2D eigenvalue weighted by molar-refractivity contribution is 6.32. The highest BCUT2D eigenvalue weighted by atomic mass is 35.5. The Bertz CT molecular complexity index is 509. The zero-order valence-corrected chi connectivity index (χ0v) is 12.5. The molecule has 1 aromatic carbocycles. The minimum Gasteiger partial charge on any atom is -0.495 e. The quantitative estimate of drug-likeness (QED) is 0.908. The van der Waals surface area contributed by atoms with Gasteiger partial charge in [0.2, 0.25) is 5.91 Å². The Balaban J connectivity index is 2.26. The number of amides is 1. The van der Waals surface area contributed by atoms with Crippen molar-refractivity contribution in [1.29, 1.82) is 0 Å². The average Bonchev–Trinajstić information content (AvgIpc) is 2.39. The van der Waals surface area contributed by atoms with E-state index in [0.717, 1.165) is 6.42 Å². The molecule has 1 fully saturated rings. The van der Waals surface area contributed by atoms with Crippen molar-refractivity contribution in [3.8, 4) is 11.5 Å². The number of nitrogens with one attached hydrogen (secondary N) is 1. The van der Waals surface area contributed by atoms with E-state index in [2.05, 4.69) is 5.32 Å². The van der Waals surface area contributed by atoms with Crippen LogP contribution in [-0.4, -0.2) is 33.3 Å². The second kappa shape index (κ2) is 5.89. The summed E-state index contributed by atoms with van der Waals surface area (Å²) in [6.07, 6.45) is 0.728. The number of hydrogen-bond donors (Lipinski definition) is 1. The van der Waals surface area contributed by atoms with Crippen molar-refractivity contribution in [2.24, 2.45) is 5.41 Å². The number of methoxy groups -OCH3 is 2. The normalized spacial score (nSPS) is 16.2. The van der Waals surface area contributed by atoms with Gasteiger partial charge in [-0.15, -0.1) is 0 Å². The third-order valence-electron chi connectivity index (χ3n) is 3.64. The number of carbonyl (C=O) groups is 1. The zero-order valence-electron chi connectivity index (χ0n) is 11.8. The molecule has 1 aliphatic heterocycles. The van der Waals surface area contributed by atoms with E-state index in [1.54, 1.807) is 12.1 Å². The van der Waals surface area contributed by atoms with Crippen LogP contribution >= 0.6 is 11.6 Å². The number of benzene rings is 1. The molecule has 0 spiro atoms. The summed E-state index contributed by atoms with van der Waals surface area (Å²) in [6, 6.07) is 3.27. The summed E-state index contributed by atoms with van der Waals surface area (Å²) < 4.78 is 15.6. The largest absolute Gasteiger partial charge is 0.495 e. The van der Waals surface area contributed by atoms with Crippen molar-refractivity contribution in [3.63, 3.8) is 0 Å². The van der Waals surface area contributed by atoms with Crippen LogP contribution in [0.15, 0.2) is 12.1 Å². The average molecular weight is 300 g/mol. The first-order valence-electron chi connectivity index (χ1n) is 6.37. The van der Waals surface area contributed by atoms with Gasteiger partial charge in [-0.1, -0.05) is 18.5 Å². The fraction of sp³-hybridized carbons (Fsp3) is 0.500. The van der Waals surface area contributed by atoms with E-state index in [1.165, 1.54) is 14.2 Å². The standard InChI is InChI=1S/C14H18ClNO4/c1-4-14(7-20-8-14)13(17)16-10-6-11(18-2)9(15)5-12(10)19-3/h5-6H,4,7-8H2,1-3H3,(H,16,17). The van der Waals surface area contributed by atoms with Gasteiger partial charge < -0.3 is 19.5 Å². The molecule has 0 atom stereocenters. The third-order valence-corrected chi connectivity index (χ3v) is 3.93. The van der Waals surface area contributed by atoms with Crippen molar-refractivity contribution in [3.05, 3.63) is 17.2 Å². The molecule has 1 saturated heterocycles. The van der Waals surface area contributed by atoms with Gasteiger partial charge in [-0.05, 0) is 6.42 Å². The number of anilines is 1. The smallest absolute Gasteiger partial charge is 0.235 e. The summed E-state index contributed by atoms with van der Waals surface area (Å²) in [5, 5.41) is 3.30. The maximum atomic E-state index is 12.4. The van der Waals surface area contributed by atoms with Gasteiger partial charge in [0.25, 0.3) is 0 Å². The van der Waals surface area contributed by atoms with Crippen LogP contribution in [0.2, 0.25) is 5.02 Å². The summed E-state index contributed by atoms with van der Waals surface area (Å²) >= 11 is 6.03. The molecule has 5 nitrogen and oxygen atoms in total. The van der Waals surface area contributed by atoms with Gasteiger partial charge in [-0.25, -0.2) is 0 Å². The molecule has 1 aromatic rings. The van der Waals surface area contributed by atoms with E-state index in [9.17, 15) is 4.79 Å². The van der Waals surface area contributed by atoms with Crippen LogP contribution in [0.3, 0.4) is 0 Å². The van der Waals surface area contributed by atoms with Crippen LogP contribution in [0, 0.1) is 5.41 Å². The summed E-state index contributed by atoms with van der Waals surface area (Å²) in [6.45, 7) is 2.87. The van der Waals surface area contributed by atoms with Gasteiger partial charge in [0, 0.05) is 12.1 Å². The maximum absolute atomic E-state index is 12.4. The molecule has 0 bridgehead atoms. The van der Waals surface area contributed by atoms with Crippen molar-refractivity contribution in [2.45, 2.75) is 13.3 Å². The minimum atomic E-state index is -0.447. The number of hydrogen-bond acceptors (Lipinski definition) is 4. The highest BCUT2D eigenvalue weighted by Crippen LogP contribution is 2.38. The minimum absolute atomic E-state index is 0.0751. The van der Waals surface area contributed by atoms with E-state index in [0.29, 0.717) is 35.4 Å². The summed E-state index contributed by atoms with van der Waals surface area (Å²) in [4.78, 5) is 12.4. The number of carbonyl (C=O) groups excluding carboxylic acids is 1. The first kappa shape index (κ1) is 14.9. The van der Waals surface area contributed by atoms with Crippen LogP contribution in [0.4, 0.5) is 5.69 Å². The number of halogens is 1. The van der Waals surface area contributed by atoms with Gasteiger partial charge >= 0.3 is 0 Å². The summed E-state index contributed by atoms with van der Waals surface area (Å²) in [5.74, 6) is 0.905. The van der Waals surface area contributed by atoms with Crippen molar-refractivity contribution in [1.82, 2.24) is 0 Å². The molecule has 1 heterocycles. The zero-order chi connectivity index (χ0) is 14.8. The summed E-state index contributed by atoms with van der Waals surface area (Å²) in [7, 11) is 3.04. The predicted molar refractivity (Wildman–Crippen MR) is 76.7 cm³/mol. The third kappa shape index (κ3) is 2.55. The van der Waals surface area contributed by atoms with Crippen molar-refractivity contribution >= 4 is 23.2 Å². The number of ether oxygens (including phenoxy) is 3. The monoisotopic (exact) mass is 299 g/mol. The van der Waals surface area contributed by atoms with Crippen molar-refractivity contribution in [2.75, 3.05) is 32.8 Å². The first-order chi connectivity index (χ1) is 9.56. The van der Waals surface area contributed by atoms with Crippen molar-refractivity contribution < 1.29 is 19.0 Å². The van der Waals surface area contributed by atoms with Crippen LogP contribution in [-0.2, 0) is 9.53 Å². The highest BCUT2D eigenvalue weighted by Gasteiger charge is 2.44. The molecule has 0 radical (unpaired) electrons. The lowest BCUT2D eigenvalue weighted by Crippen LogP contribution is -2.51. The Kier molecular flexibility index (Phi) is 4.40. The topological polar surface area (TPSA) is 56.8 Å². The Morgan fingerprint density at radius 3 is 2.45 bits per heavy atom. The second-order valence-corrected chi connectivity index (χ2v) is 5.18. The fourth-order valence-electron chi connectivity index (χ4n) is 2.06. The van der Waals surface area contributed by atoms with Gasteiger partial charge in [0.15, 0.2) is 0 Å². The van der Waals surface area contributed by atoms with E-state index < -0.39 is 5.41 Å². The van der Waals surface area contributed by atoms with Gasteiger partial charge in [0.1, 0.15) is 11.5 Å². The lowest BCUT2D eigenvalue weighted by Gasteiger charge is -2.39. The van der Waals surface area contributed by atoms with Crippen LogP contribution in [0.25, 0.3) is 0 Å². The second-order valence-electron chi connectivity index (χ2n) is 4.77. The molecule has 0 aliphatic carbocycles. The Labute approximate surface area is 123 Å². The molecule has 1 N–H and O–H groups in total. The van der Waals surface area contributed by atoms with Gasteiger partial charge in [0.05, 0.1) is 43.6 Å². The fourth-order valence-corrected chi connectivity index (χ4v) is 2.29. The molecule has 2 rings (SSSR count). The van der Waals surface area contributed by atoms with Gasteiger partial charge in [-0.3, -0.25) is 4.79 Å². The molecule has 1 amide bonds. The van der Waals surface area contributed by atoms with Crippen LogP contribution in [0.5, 0.6) is 11.5 Å². The maximum Gasteiger partial charge on any atom is 0.235 e. The van der Waals surface area contributed by atoms with Crippen LogP contribution in [0.1, 0.15) is 13.3 Å². The first-order valence-corrected chi connectivity index (χ1v) is 6.75. The molecule has 0 aromatic heterocycles. The summed E-state index contributed by atoms with van der Waals surface area (Å²) in [5.41, 5.74) is 0.0937. The van der Waals surface area contributed by atoms with Gasteiger partial charge in [-0.2, -0.15) is 0 Å². The molecule has 1 aliphatic rings. The molecule has 20 heavy (non-hydrogen) atoms. The molecular weight excluding hydrogens is 282 g/mol. The Hall–Kier alpha value is -1.46. The van der Waals surface area contributed by atoms with E-state index >= 15 is 0 Å². The Morgan fingerprint density at radius 2 is 2.00 bits per heavy atom. The molecule has 6 heteroatoms. The van der Waals surface area contributed by atoms with Crippen LogP contribution < -0.4 is 14.8 Å². The number of rotatable bonds is 5. The molecular formula is C14H18ClNO4. The van der Waals surface area contributed by atoms with E-state index in [-0.39, 0.29) is 5.91 Å². The lowest BCUT2D eigenvalue weighted by molar-refractivity contribution is -0.156.